The number of aromatic nitrogens is 2. The van der Waals surface area contributed by atoms with E-state index in [1.54, 1.807) is 30.3 Å². The van der Waals surface area contributed by atoms with Crippen molar-refractivity contribution in [2.75, 3.05) is 17.2 Å². The zero-order valence-electron chi connectivity index (χ0n) is 14.1. The molecule has 0 aliphatic rings. The maximum Gasteiger partial charge on any atom is 0.263 e. The molecule has 3 aromatic rings. The van der Waals surface area contributed by atoms with Crippen molar-refractivity contribution in [3.63, 3.8) is 0 Å². The molecule has 0 fully saturated rings. The number of nitrogens with zero attached hydrogens (tertiary/aromatic N) is 2. The standard InChI is InChI=1S/C19H17ClN4O2/c1-13-11-14(20)7-8-16(13)21-17-9-10-18(24-23-17)22-19(25)12-26-15-5-3-2-4-6-15/h2-11H,12H2,1H3,(H,21,23)(H,22,24,25). The van der Waals surface area contributed by atoms with Crippen LogP contribution in [0.3, 0.4) is 0 Å². The largest absolute Gasteiger partial charge is 0.484 e. The van der Waals surface area contributed by atoms with E-state index in [2.05, 4.69) is 20.8 Å². The highest BCUT2D eigenvalue weighted by Gasteiger charge is 2.06. The maximum absolute atomic E-state index is 11.9. The fourth-order valence-electron chi connectivity index (χ4n) is 2.22. The number of anilines is 3. The van der Waals surface area contributed by atoms with E-state index < -0.39 is 0 Å². The first-order valence-corrected chi connectivity index (χ1v) is 8.32. The monoisotopic (exact) mass is 368 g/mol. The molecule has 1 aromatic heterocycles. The Morgan fingerprint density at radius 1 is 1.04 bits per heavy atom. The van der Waals surface area contributed by atoms with E-state index in [0.717, 1.165) is 11.3 Å². The third kappa shape index (κ3) is 4.94. The third-order valence-electron chi connectivity index (χ3n) is 3.50. The van der Waals surface area contributed by atoms with Gasteiger partial charge in [-0.25, -0.2) is 0 Å². The lowest BCUT2D eigenvalue weighted by atomic mass is 10.2. The SMILES string of the molecule is Cc1cc(Cl)ccc1Nc1ccc(NC(=O)COc2ccccc2)nn1. The van der Waals surface area contributed by atoms with Crippen molar-refractivity contribution in [2.24, 2.45) is 0 Å². The van der Waals surface area contributed by atoms with Gasteiger partial charge in [0.05, 0.1) is 0 Å². The van der Waals surface area contributed by atoms with Gasteiger partial charge in [0.1, 0.15) is 5.75 Å². The molecule has 2 aromatic carbocycles. The summed E-state index contributed by atoms with van der Waals surface area (Å²) < 4.78 is 5.38. The first-order valence-electron chi connectivity index (χ1n) is 7.95. The average molecular weight is 369 g/mol. The van der Waals surface area contributed by atoms with Crippen LogP contribution in [-0.2, 0) is 4.79 Å². The predicted molar refractivity (Wildman–Crippen MR) is 102 cm³/mol. The number of hydrogen-bond acceptors (Lipinski definition) is 5. The summed E-state index contributed by atoms with van der Waals surface area (Å²) in [5.41, 5.74) is 1.88. The number of benzene rings is 2. The van der Waals surface area contributed by atoms with Crippen molar-refractivity contribution in [3.8, 4) is 5.75 Å². The lowest BCUT2D eigenvalue weighted by Crippen LogP contribution is -2.21. The molecule has 26 heavy (non-hydrogen) atoms. The molecule has 3 rings (SSSR count). The summed E-state index contributed by atoms with van der Waals surface area (Å²) in [5, 5.41) is 14.5. The highest BCUT2D eigenvalue weighted by atomic mass is 35.5. The van der Waals surface area contributed by atoms with Crippen molar-refractivity contribution in [1.82, 2.24) is 10.2 Å². The van der Waals surface area contributed by atoms with Crippen LogP contribution in [0.15, 0.2) is 60.7 Å². The van der Waals surface area contributed by atoms with Gasteiger partial charge in [0.15, 0.2) is 18.2 Å². The minimum atomic E-state index is -0.308. The average Bonchev–Trinajstić information content (AvgIpc) is 2.65. The van der Waals surface area contributed by atoms with Crippen molar-refractivity contribution in [3.05, 3.63) is 71.2 Å². The first-order chi connectivity index (χ1) is 12.6. The van der Waals surface area contributed by atoms with E-state index in [4.69, 9.17) is 16.3 Å². The molecule has 0 radical (unpaired) electrons. The lowest BCUT2D eigenvalue weighted by Gasteiger charge is -2.09. The van der Waals surface area contributed by atoms with Crippen LogP contribution < -0.4 is 15.4 Å². The summed E-state index contributed by atoms with van der Waals surface area (Å²) in [6.07, 6.45) is 0. The van der Waals surface area contributed by atoms with Crippen LogP contribution in [-0.4, -0.2) is 22.7 Å². The van der Waals surface area contributed by atoms with Gasteiger partial charge in [-0.1, -0.05) is 29.8 Å². The van der Waals surface area contributed by atoms with Crippen LogP contribution in [0.5, 0.6) is 5.75 Å². The Kier molecular flexibility index (Phi) is 5.66. The molecule has 132 valence electrons. The second-order valence-corrected chi connectivity index (χ2v) is 5.97. The van der Waals surface area contributed by atoms with E-state index in [1.807, 2.05) is 37.3 Å². The number of carbonyl (C=O) groups is 1. The normalized spacial score (nSPS) is 10.2. The van der Waals surface area contributed by atoms with Crippen LogP contribution >= 0.6 is 11.6 Å². The van der Waals surface area contributed by atoms with E-state index in [0.29, 0.717) is 22.4 Å². The number of ether oxygens (including phenoxy) is 1. The molecule has 0 aliphatic heterocycles. The first kappa shape index (κ1) is 17.7. The number of halogens is 1. The Hall–Kier alpha value is -3.12. The van der Waals surface area contributed by atoms with Gasteiger partial charge in [0.25, 0.3) is 5.91 Å². The maximum atomic E-state index is 11.9. The highest BCUT2D eigenvalue weighted by Crippen LogP contribution is 2.22. The summed E-state index contributed by atoms with van der Waals surface area (Å²) in [6.45, 7) is 1.85. The number of hydrogen-bond donors (Lipinski definition) is 2. The Bertz CT molecular complexity index is 886. The molecule has 0 spiro atoms. The molecule has 1 amide bonds. The van der Waals surface area contributed by atoms with Gasteiger partial charge in [-0.05, 0) is 55.0 Å². The molecule has 0 saturated heterocycles. The number of aryl methyl sites for hydroxylation is 1. The molecule has 0 atom stereocenters. The second-order valence-electron chi connectivity index (χ2n) is 5.54. The summed E-state index contributed by atoms with van der Waals surface area (Å²) in [6, 6.07) is 18.1. The van der Waals surface area contributed by atoms with Crippen molar-refractivity contribution in [1.29, 1.82) is 0 Å². The van der Waals surface area contributed by atoms with E-state index in [1.165, 1.54) is 0 Å². The lowest BCUT2D eigenvalue weighted by molar-refractivity contribution is -0.118. The Morgan fingerprint density at radius 2 is 1.77 bits per heavy atom. The Labute approximate surface area is 156 Å². The summed E-state index contributed by atoms with van der Waals surface area (Å²) in [5.74, 6) is 1.24. The molecule has 6 nitrogen and oxygen atoms in total. The zero-order chi connectivity index (χ0) is 18.4. The molecule has 7 heteroatoms. The Balaban J connectivity index is 1.54. The number of nitrogens with one attached hydrogen (secondary N) is 2. The number of amides is 1. The van der Waals surface area contributed by atoms with Crippen LogP contribution in [0.1, 0.15) is 5.56 Å². The van der Waals surface area contributed by atoms with Crippen LogP contribution in [0.2, 0.25) is 5.02 Å². The second kappa shape index (κ2) is 8.31. The third-order valence-corrected chi connectivity index (χ3v) is 3.73. The number of para-hydroxylation sites is 1. The summed E-state index contributed by atoms with van der Waals surface area (Å²) in [7, 11) is 0. The molecular weight excluding hydrogens is 352 g/mol. The predicted octanol–water partition coefficient (Wildman–Crippen LogP) is 4.20. The van der Waals surface area contributed by atoms with Gasteiger partial charge in [0.2, 0.25) is 0 Å². The van der Waals surface area contributed by atoms with Gasteiger partial charge in [-0.2, -0.15) is 0 Å². The van der Waals surface area contributed by atoms with E-state index in [-0.39, 0.29) is 12.5 Å². The molecule has 0 bridgehead atoms. The Morgan fingerprint density at radius 3 is 2.46 bits per heavy atom. The molecule has 0 aliphatic carbocycles. The molecule has 0 unspecified atom stereocenters. The van der Waals surface area contributed by atoms with E-state index in [9.17, 15) is 4.79 Å². The van der Waals surface area contributed by atoms with Crippen molar-refractivity contribution in [2.45, 2.75) is 6.92 Å². The molecule has 2 N–H and O–H groups in total. The van der Waals surface area contributed by atoms with Gasteiger partial charge >= 0.3 is 0 Å². The van der Waals surface area contributed by atoms with Crippen LogP contribution in [0.25, 0.3) is 0 Å². The van der Waals surface area contributed by atoms with Gasteiger partial charge in [0, 0.05) is 10.7 Å². The van der Waals surface area contributed by atoms with Crippen LogP contribution in [0, 0.1) is 6.92 Å². The minimum absolute atomic E-state index is 0.102. The van der Waals surface area contributed by atoms with Gasteiger partial charge in [-0.15, -0.1) is 10.2 Å². The summed E-state index contributed by atoms with van der Waals surface area (Å²) >= 11 is 5.95. The van der Waals surface area contributed by atoms with Crippen molar-refractivity contribution >= 4 is 34.8 Å². The topological polar surface area (TPSA) is 76.1 Å². The quantitative estimate of drug-likeness (QED) is 0.682. The molecule has 0 saturated carbocycles. The van der Waals surface area contributed by atoms with E-state index >= 15 is 0 Å². The van der Waals surface area contributed by atoms with Crippen LogP contribution in [0.4, 0.5) is 17.3 Å². The molecular formula is C19H17ClN4O2. The smallest absolute Gasteiger partial charge is 0.263 e. The van der Waals surface area contributed by atoms with Gasteiger partial charge in [-0.3, -0.25) is 4.79 Å². The zero-order valence-corrected chi connectivity index (χ0v) is 14.8. The molecule has 1 heterocycles. The fourth-order valence-corrected chi connectivity index (χ4v) is 2.44. The summed E-state index contributed by atoms with van der Waals surface area (Å²) in [4.78, 5) is 11.9. The number of carbonyl (C=O) groups excluding carboxylic acids is 1. The van der Waals surface area contributed by atoms with Crippen molar-refractivity contribution < 1.29 is 9.53 Å². The fraction of sp³-hybridized carbons (Fsp3) is 0.105. The van der Waals surface area contributed by atoms with Gasteiger partial charge < -0.3 is 15.4 Å². The number of rotatable bonds is 6. The minimum Gasteiger partial charge on any atom is -0.484 e. The highest BCUT2D eigenvalue weighted by molar-refractivity contribution is 6.30.